The first-order valence-corrected chi connectivity index (χ1v) is 9.91. The molecule has 2 aliphatic heterocycles. The van der Waals surface area contributed by atoms with Gasteiger partial charge in [-0.25, -0.2) is 8.42 Å². The van der Waals surface area contributed by atoms with E-state index < -0.39 is 10.0 Å². The standard InChI is InChI=1S/C17H25N3O3S/c1-12(18)14-5-8-19(9-6-14)24(22,23)16-4-3-15-7-10-20(13(2)21)17(15)11-16/h3-4,11-12,14H,5-10,18H2,1-2H3. The number of amides is 1. The summed E-state index contributed by atoms with van der Waals surface area (Å²) in [7, 11) is -3.53. The SMILES string of the molecule is CC(=O)N1CCc2ccc(S(=O)(=O)N3CCC(C(C)N)CC3)cc21. The van der Waals surface area contributed by atoms with Gasteiger partial charge in [0.2, 0.25) is 15.9 Å². The Kier molecular flexibility index (Phi) is 4.68. The first kappa shape index (κ1) is 17.4. The molecule has 2 N–H and O–H groups in total. The average molecular weight is 351 g/mol. The van der Waals surface area contributed by atoms with E-state index in [1.54, 1.807) is 21.3 Å². The lowest BCUT2D eigenvalue weighted by Gasteiger charge is -2.33. The maximum absolute atomic E-state index is 12.9. The van der Waals surface area contributed by atoms with Crippen molar-refractivity contribution in [3.63, 3.8) is 0 Å². The number of sulfonamides is 1. The van der Waals surface area contributed by atoms with Crippen molar-refractivity contribution in [1.29, 1.82) is 0 Å². The highest BCUT2D eigenvalue weighted by Gasteiger charge is 2.32. The Labute approximate surface area is 143 Å². The van der Waals surface area contributed by atoms with Gasteiger partial charge >= 0.3 is 0 Å². The third-order valence-electron chi connectivity index (χ3n) is 5.21. The molecule has 1 aromatic carbocycles. The predicted molar refractivity (Wildman–Crippen MR) is 93.3 cm³/mol. The molecule has 1 saturated heterocycles. The number of hydrogen-bond donors (Lipinski definition) is 1. The molecule has 6 nitrogen and oxygen atoms in total. The molecule has 0 spiro atoms. The van der Waals surface area contributed by atoms with E-state index >= 15 is 0 Å². The third kappa shape index (κ3) is 3.08. The number of anilines is 1. The van der Waals surface area contributed by atoms with Crippen LogP contribution >= 0.6 is 0 Å². The number of nitrogens with two attached hydrogens (primary N) is 1. The lowest BCUT2D eigenvalue weighted by atomic mass is 9.92. The van der Waals surface area contributed by atoms with Crippen LogP contribution in [-0.2, 0) is 21.2 Å². The molecule has 2 heterocycles. The van der Waals surface area contributed by atoms with E-state index in [4.69, 9.17) is 5.73 Å². The van der Waals surface area contributed by atoms with Crippen LogP contribution in [0.3, 0.4) is 0 Å². The first-order valence-electron chi connectivity index (χ1n) is 8.47. The fourth-order valence-corrected chi connectivity index (χ4v) is 5.13. The minimum atomic E-state index is -3.53. The van der Waals surface area contributed by atoms with Gasteiger partial charge in [-0.1, -0.05) is 6.07 Å². The van der Waals surface area contributed by atoms with Crippen LogP contribution < -0.4 is 10.6 Å². The number of benzene rings is 1. The van der Waals surface area contributed by atoms with Gasteiger partial charge in [-0.15, -0.1) is 0 Å². The molecule has 1 atom stereocenters. The Morgan fingerprint density at radius 1 is 1.25 bits per heavy atom. The van der Waals surface area contributed by atoms with Gasteiger partial charge in [0.15, 0.2) is 0 Å². The molecule has 1 fully saturated rings. The maximum Gasteiger partial charge on any atom is 0.243 e. The summed E-state index contributed by atoms with van der Waals surface area (Å²) in [4.78, 5) is 13.6. The Hall–Kier alpha value is -1.44. The van der Waals surface area contributed by atoms with E-state index in [1.807, 2.05) is 13.0 Å². The first-order chi connectivity index (χ1) is 11.3. The van der Waals surface area contributed by atoms with Gasteiger partial charge in [0.25, 0.3) is 0 Å². The van der Waals surface area contributed by atoms with Crippen LogP contribution in [0.25, 0.3) is 0 Å². The maximum atomic E-state index is 12.9. The summed E-state index contributed by atoms with van der Waals surface area (Å²) < 4.78 is 27.4. The molecule has 2 aliphatic rings. The van der Waals surface area contributed by atoms with E-state index in [0.29, 0.717) is 25.6 Å². The van der Waals surface area contributed by atoms with Gasteiger partial charge in [0.1, 0.15) is 0 Å². The summed E-state index contributed by atoms with van der Waals surface area (Å²) >= 11 is 0. The zero-order chi connectivity index (χ0) is 17.5. The summed E-state index contributed by atoms with van der Waals surface area (Å²) in [6.45, 7) is 5.11. The second kappa shape index (κ2) is 6.46. The largest absolute Gasteiger partial charge is 0.328 e. The van der Waals surface area contributed by atoms with Gasteiger partial charge in [-0.05, 0) is 49.8 Å². The van der Waals surface area contributed by atoms with Crippen LogP contribution in [0.2, 0.25) is 0 Å². The van der Waals surface area contributed by atoms with Crippen LogP contribution in [0, 0.1) is 5.92 Å². The highest BCUT2D eigenvalue weighted by molar-refractivity contribution is 7.89. The third-order valence-corrected chi connectivity index (χ3v) is 7.11. The quantitative estimate of drug-likeness (QED) is 0.891. The van der Waals surface area contributed by atoms with E-state index in [0.717, 1.165) is 30.5 Å². The summed E-state index contributed by atoms with van der Waals surface area (Å²) in [6.07, 6.45) is 2.36. The van der Waals surface area contributed by atoms with E-state index in [-0.39, 0.29) is 16.8 Å². The molecule has 1 aromatic rings. The molecule has 0 aromatic heterocycles. The molecule has 1 unspecified atom stereocenters. The Bertz CT molecular complexity index is 737. The number of nitrogens with zero attached hydrogens (tertiary/aromatic N) is 2. The second-order valence-electron chi connectivity index (χ2n) is 6.81. The normalized spacial score (nSPS) is 20.9. The van der Waals surface area contributed by atoms with Crippen molar-refractivity contribution in [1.82, 2.24) is 4.31 Å². The molecule has 0 aliphatic carbocycles. The van der Waals surface area contributed by atoms with Gasteiger partial charge in [0.05, 0.1) is 4.90 Å². The summed E-state index contributed by atoms with van der Waals surface area (Å²) in [5.74, 6) is 0.325. The summed E-state index contributed by atoms with van der Waals surface area (Å²) in [5.41, 5.74) is 7.69. The van der Waals surface area contributed by atoms with Crippen molar-refractivity contribution >= 4 is 21.6 Å². The fourth-order valence-electron chi connectivity index (χ4n) is 3.64. The smallest absolute Gasteiger partial charge is 0.243 e. The van der Waals surface area contributed by atoms with Gasteiger partial charge in [0, 0.05) is 38.3 Å². The van der Waals surface area contributed by atoms with E-state index in [2.05, 4.69) is 0 Å². The monoisotopic (exact) mass is 351 g/mol. The van der Waals surface area contributed by atoms with Crippen molar-refractivity contribution in [2.45, 2.75) is 44.0 Å². The molecule has 132 valence electrons. The minimum Gasteiger partial charge on any atom is -0.328 e. The molecule has 7 heteroatoms. The van der Waals surface area contributed by atoms with E-state index in [1.165, 1.54) is 6.92 Å². The van der Waals surface area contributed by atoms with Crippen LogP contribution in [0.5, 0.6) is 0 Å². The lowest BCUT2D eigenvalue weighted by molar-refractivity contribution is -0.116. The molecule has 0 bridgehead atoms. The second-order valence-corrected chi connectivity index (χ2v) is 8.75. The van der Waals surface area contributed by atoms with Gasteiger partial charge in [-0.3, -0.25) is 4.79 Å². The fraction of sp³-hybridized carbons (Fsp3) is 0.588. The molecule has 0 saturated carbocycles. The number of carbonyl (C=O) groups excluding carboxylic acids is 1. The highest BCUT2D eigenvalue weighted by Crippen LogP contribution is 2.32. The Balaban J connectivity index is 1.84. The molecule has 1 amide bonds. The highest BCUT2D eigenvalue weighted by atomic mass is 32.2. The summed E-state index contributed by atoms with van der Waals surface area (Å²) in [5, 5.41) is 0. The Morgan fingerprint density at radius 2 is 1.92 bits per heavy atom. The topological polar surface area (TPSA) is 83.7 Å². The molecule has 24 heavy (non-hydrogen) atoms. The number of piperidine rings is 1. The van der Waals surface area contributed by atoms with Crippen LogP contribution in [-0.4, -0.2) is 44.3 Å². The number of fused-ring (bicyclic) bond motifs is 1. The van der Waals surface area contributed by atoms with Crippen molar-refractivity contribution < 1.29 is 13.2 Å². The van der Waals surface area contributed by atoms with Crippen molar-refractivity contribution in [3.8, 4) is 0 Å². The minimum absolute atomic E-state index is 0.0546. The van der Waals surface area contributed by atoms with Crippen molar-refractivity contribution in [2.24, 2.45) is 11.7 Å². The van der Waals surface area contributed by atoms with Crippen molar-refractivity contribution in [2.75, 3.05) is 24.5 Å². The molecular weight excluding hydrogens is 326 g/mol. The van der Waals surface area contributed by atoms with Crippen LogP contribution in [0.1, 0.15) is 32.3 Å². The average Bonchev–Trinajstić information content (AvgIpc) is 2.98. The predicted octanol–water partition coefficient (Wildman–Crippen LogP) is 1.34. The zero-order valence-electron chi connectivity index (χ0n) is 14.2. The van der Waals surface area contributed by atoms with Crippen molar-refractivity contribution in [3.05, 3.63) is 23.8 Å². The lowest BCUT2D eigenvalue weighted by Crippen LogP contribution is -2.42. The zero-order valence-corrected chi connectivity index (χ0v) is 15.1. The van der Waals surface area contributed by atoms with Crippen LogP contribution in [0.15, 0.2) is 23.1 Å². The molecule has 3 rings (SSSR count). The molecular formula is C17H25N3O3S. The van der Waals surface area contributed by atoms with Gasteiger partial charge in [-0.2, -0.15) is 4.31 Å². The number of rotatable bonds is 3. The number of hydrogen-bond acceptors (Lipinski definition) is 4. The van der Waals surface area contributed by atoms with Gasteiger partial charge < -0.3 is 10.6 Å². The number of carbonyl (C=O) groups is 1. The molecule has 0 radical (unpaired) electrons. The van der Waals surface area contributed by atoms with Crippen LogP contribution in [0.4, 0.5) is 5.69 Å². The van der Waals surface area contributed by atoms with E-state index in [9.17, 15) is 13.2 Å². The summed E-state index contributed by atoms with van der Waals surface area (Å²) in [6, 6.07) is 5.24. The Morgan fingerprint density at radius 3 is 2.50 bits per heavy atom.